The van der Waals surface area contributed by atoms with E-state index < -0.39 is 13.9 Å². The van der Waals surface area contributed by atoms with Crippen molar-refractivity contribution >= 4 is 33.7 Å². The van der Waals surface area contributed by atoms with Crippen molar-refractivity contribution in [2.75, 3.05) is 13.2 Å². The molecule has 0 unspecified atom stereocenters. The molecule has 1 heterocycles. The molecule has 2 aliphatic rings. The second kappa shape index (κ2) is 10.5. The van der Waals surface area contributed by atoms with Gasteiger partial charge in [-0.15, -0.1) is 0 Å². The Morgan fingerprint density at radius 3 is 2.37 bits per heavy atom. The monoisotopic (exact) mass is 560 g/mol. The molecule has 2 aromatic rings. The number of carbonyl (C=O) groups is 1. The van der Waals surface area contributed by atoms with Crippen LogP contribution < -0.4 is 4.46 Å². The van der Waals surface area contributed by atoms with Crippen LogP contribution in [0.5, 0.6) is 0 Å². The number of esters is 1. The van der Waals surface area contributed by atoms with E-state index in [0.29, 0.717) is 26.2 Å². The zero-order chi connectivity index (χ0) is 25.2. The van der Waals surface area contributed by atoms with Crippen LogP contribution in [-0.2, 0) is 25.3 Å². The van der Waals surface area contributed by atoms with Crippen molar-refractivity contribution in [2.24, 2.45) is 11.3 Å². The molecular weight excluding hydrogens is 519 g/mol. The predicted molar refractivity (Wildman–Crippen MR) is 144 cm³/mol. The molecule has 190 valence electrons. The SMILES string of the molecule is CC(C)(C)[Si](C)(C)OC[C@@]12CC[C@@H](COCc3ccccc3)[C@]1(C[Se]c1ccccc1)OC(=O)C2. The first-order valence-electron chi connectivity index (χ1n) is 12.7. The molecule has 0 spiro atoms. The Morgan fingerprint density at radius 1 is 1.06 bits per heavy atom. The van der Waals surface area contributed by atoms with Crippen LogP contribution in [0.3, 0.4) is 0 Å². The number of carbonyl (C=O) groups excluding carboxylic acids is 1. The van der Waals surface area contributed by atoms with E-state index in [2.05, 4.69) is 76.3 Å². The fourth-order valence-electron chi connectivity index (χ4n) is 5.17. The van der Waals surface area contributed by atoms with E-state index in [-0.39, 0.29) is 37.3 Å². The molecule has 0 bridgehead atoms. The Balaban J connectivity index is 1.57. The second-order valence-electron chi connectivity index (χ2n) is 11.7. The van der Waals surface area contributed by atoms with Crippen molar-refractivity contribution in [1.29, 1.82) is 0 Å². The normalized spacial score (nSPS) is 26.5. The van der Waals surface area contributed by atoms with Gasteiger partial charge < -0.3 is 0 Å². The third kappa shape index (κ3) is 5.62. The molecule has 1 aliphatic heterocycles. The zero-order valence-electron chi connectivity index (χ0n) is 21.8. The van der Waals surface area contributed by atoms with Gasteiger partial charge in [-0.3, -0.25) is 0 Å². The minimum atomic E-state index is -1.96. The molecule has 35 heavy (non-hydrogen) atoms. The van der Waals surface area contributed by atoms with Crippen LogP contribution in [0, 0.1) is 11.3 Å². The fourth-order valence-corrected chi connectivity index (χ4v) is 9.04. The topological polar surface area (TPSA) is 44.8 Å². The van der Waals surface area contributed by atoms with E-state index in [1.165, 1.54) is 10.0 Å². The second-order valence-corrected chi connectivity index (χ2v) is 18.7. The van der Waals surface area contributed by atoms with Crippen molar-refractivity contribution < 1.29 is 18.7 Å². The summed E-state index contributed by atoms with van der Waals surface area (Å²) in [5.41, 5.74) is 0.389. The molecule has 1 saturated heterocycles. The maximum absolute atomic E-state index is 12.9. The summed E-state index contributed by atoms with van der Waals surface area (Å²) in [6.45, 7) is 13.2. The Labute approximate surface area is 218 Å². The molecule has 1 saturated carbocycles. The first-order chi connectivity index (χ1) is 16.6. The molecule has 2 fully saturated rings. The van der Waals surface area contributed by atoms with E-state index in [4.69, 9.17) is 13.9 Å². The average molecular weight is 560 g/mol. The summed E-state index contributed by atoms with van der Waals surface area (Å²) in [6, 6.07) is 20.9. The molecular formula is C29H40O4SeSi. The molecule has 4 rings (SSSR count). The molecule has 0 N–H and O–H groups in total. The summed E-state index contributed by atoms with van der Waals surface area (Å²) < 4.78 is 20.8. The number of rotatable bonds is 10. The van der Waals surface area contributed by atoms with Gasteiger partial charge in [0.25, 0.3) is 0 Å². The van der Waals surface area contributed by atoms with Crippen molar-refractivity contribution in [2.45, 2.75) is 75.7 Å². The predicted octanol–water partition coefficient (Wildman–Crippen LogP) is 5.76. The Morgan fingerprint density at radius 2 is 1.71 bits per heavy atom. The van der Waals surface area contributed by atoms with E-state index in [9.17, 15) is 4.79 Å². The maximum atomic E-state index is 12.9. The Kier molecular flexibility index (Phi) is 7.99. The Hall–Kier alpha value is -1.43. The van der Waals surface area contributed by atoms with Crippen LogP contribution in [0.4, 0.5) is 0 Å². The number of hydrogen-bond donors (Lipinski definition) is 0. The van der Waals surface area contributed by atoms with Crippen LogP contribution in [0.1, 0.15) is 45.6 Å². The molecule has 2 aromatic carbocycles. The van der Waals surface area contributed by atoms with Gasteiger partial charge in [0.1, 0.15) is 0 Å². The van der Waals surface area contributed by atoms with Gasteiger partial charge in [-0.25, -0.2) is 0 Å². The van der Waals surface area contributed by atoms with Gasteiger partial charge in [-0.05, 0) is 0 Å². The zero-order valence-corrected chi connectivity index (χ0v) is 24.6. The Bertz CT molecular complexity index is 991. The summed E-state index contributed by atoms with van der Waals surface area (Å²) in [5.74, 6) is 0.117. The van der Waals surface area contributed by atoms with Gasteiger partial charge in [0.15, 0.2) is 0 Å². The van der Waals surface area contributed by atoms with Gasteiger partial charge in [0.2, 0.25) is 0 Å². The van der Waals surface area contributed by atoms with Gasteiger partial charge in [-0.2, -0.15) is 0 Å². The number of ether oxygens (including phenoxy) is 2. The quantitative estimate of drug-likeness (QED) is 0.275. The van der Waals surface area contributed by atoms with E-state index in [1.54, 1.807) is 0 Å². The molecule has 3 atom stereocenters. The molecule has 0 amide bonds. The molecule has 0 radical (unpaired) electrons. The standard InChI is InChI=1S/C29H40O4SeSi/c1-27(2,3)35(4,5)32-21-28-17-16-24(20-31-19-23-12-8-6-9-13-23)29(28,33-26(30)18-28)22-34-25-14-10-7-11-15-25/h6-15,24H,16-22H2,1-5H3/t24-,28-,29-/m0/s1. The molecule has 4 nitrogen and oxygen atoms in total. The van der Waals surface area contributed by atoms with Crippen LogP contribution in [0.25, 0.3) is 0 Å². The third-order valence-electron chi connectivity index (χ3n) is 8.45. The van der Waals surface area contributed by atoms with Gasteiger partial charge in [0, 0.05) is 0 Å². The number of benzene rings is 2. The number of fused-ring (bicyclic) bond motifs is 1. The van der Waals surface area contributed by atoms with Crippen molar-refractivity contribution in [3.8, 4) is 0 Å². The fraction of sp³-hybridized carbons (Fsp3) is 0.552. The average Bonchev–Trinajstić information content (AvgIpc) is 3.26. The van der Waals surface area contributed by atoms with Crippen LogP contribution in [-0.4, -0.2) is 48.1 Å². The summed E-state index contributed by atoms with van der Waals surface area (Å²) in [5, 5.41) is 0.997. The molecule has 0 aromatic heterocycles. The summed E-state index contributed by atoms with van der Waals surface area (Å²) >= 11 is 0.204. The first kappa shape index (κ1) is 26.6. The molecule has 1 aliphatic carbocycles. The van der Waals surface area contributed by atoms with Crippen LogP contribution >= 0.6 is 0 Å². The summed E-state index contributed by atoms with van der Waals surface area (Å²) in [4.78, 5) is 12.9. The van der Waals surface area contributed by atoms with Crippen molar-refractivity contribution in [1.82, 2.24) is 0 Å². The van der Waals surface area contributed by atoms with E-state index in [1.807, 2.05) is 18.2 Å². The third-order valence-corrected chi connectivity index (χ3v) is 15.4. The van der Waals surface area contributed by atoms with Crippen molar-refractivity contribution in [3.05, 3.63) is 66.2 Å². The van der Waals surface area contributed by atoms with Gasteiger partial charge in [0.05, 0.1) is 0 Å². The van der Waals surface area contributed by atoms with Gasteiger partial charge in [-0.1, -0.05) is 0 Å². The minimum absolute atomic E-state index is 0.0690. The first-order valence-corrected chi connectivity index (χ1v) is 17.7. The van der Waals surface area contributed by atoms with E-state index in [0.717, 1.165) is 18.2 Å². The summed E-state index contributed by atoms with van der Waals surface area (Å²) in [7, 11) is -1.96. The van der Waals surface area contributed by atoms with Crippen LogP contribution in [0.2, 0.25) is 23.5 Å². The van der Waals surface area contributed by atoms with Crippen molar-refractivity contribution in [3.63, 3.8) is 0 Å². The molecule has 6 heteroatoms. The van der Waals surface area contributed by atoms with Crippen LogP contribution in [0.15, 0.2) is 60.7 Å². The van der Waals surface area contributed by atoms with Gasteiger partial charge >= 0.3 is 219 Å². The number of hydrogen-bond acceptors (Lipinski definition) is 4. The van der Waals surface area contributed by atoms with E-state index >= 15 is 0 Å². The summed E-state index contributed by atoms with van der Waals surface area (Å²) in [6.07, 6.45) is 2.42.